The van der Waals surface area contributed by atoms with Crippen LogP contribution < -0.4 is 10.5 Å². The molecule has 7 nitrogen and oxygen atoms in total. The number of rotatable bonds is 2. The monoisotopic (exact) mass is 389 g/mol. The number of aromatic nitrogens is 4. The van der Waals surface area contributed by atoms with Crippen LogP contribution in [-0.4, -0.2) is 39.4 Å². The van der Waals surface area contributed by atoms with Crippen molar-refractivity contribution in [2.45, 2.75) is 6.10 Å². The molecular weight excluding hydrogens is 374 g/mol. The molecular formula is C16H16BrN5O2. The standard InChI is InChI=1S/C16H16BrN5O2/c1-21-14-12(8-18-21)15(23)20-16(19-14)22-6-7-24-13(9-22)10-2-4-11(17)5-3-10/h2-5,8,13H,6-7,9H2,1H3,(H,19,20,23). The lowest BCUT2D eigenvalue weighted by molar-refractivity contribution is 0.0392. The number of nitrogens with zero attached hydrogens (tertiary/aromatic N) is 4. The Balaban J connectivity index is 1.65. The summed E-state index contributed by atoms with van der Waals surface area (Å²) < 4.78 is 8.53. The minimum absolute atomic E-state index is 0.0561. The van der Waals surface area contributed by atoms with Crippen LogP contribution in [0.3, 0.4) is 0 Å². The Morgan fingerprint density at radius 2 is 2.12 bits per heavy atom. The number of hydrogen-bond donors (Lipinski definition) is 1. The summed E-state index contributed by atoms with van der Waals surface area (Å²) in [4.78, 5) is 21.7. The summed E-state index contributed by atoms with van der Waals surface area (Å²) in [6.45, 7) is 1.89. The van der Waals surface area contributed by atoms with Crippen molar-refractivity contribution >= 4 is 32.9 Å². The molecule has 1 aliphatic rings. The van der Waals surface area contributed by atoms with E-state index in [4.69, 9.17) is 4.74 Å². The van der Waals surface area contributed by atoms with E-state index in [-0.39, 0.29) is 11.7 Å². The van der Waals surface area contributed by atoms with E-state index in [0.29, 0.717) is 36.7 Å². The molecule has 1 saturated heterocycles. The van der Waals surface area contributed by atoms with E-state index in [1.807, 2.05) is 29.2 Å². The number of ether oxygens (including phenoxy) is 1. The van der Waals surface area contributed by atoms with E-state index in [1.165, 1.54) is 6.20 Å². The highest BCUT2D eigenvalue weighted by molar-refractivity contribution is 9.10. The van der Waals surface area contributed by atoms with Crippen LogP contribution in [0.5, 0.6) is 0 Å². The quantitative estimate of drug-likeness (QED) is 0.725. The number of fused-ring (bicyclic) bond motifs is 1. The molecule has 0 saturated carbocycles. The number of aryl methyl sites for hydroxylation is 1. The molecule has 0 radical (unpaired) electrons. The SMILES string of the molecule is Cn1ncc2c(=O)[nH]c(N3CCOC(c4ccc(Br)cc4)C3)nc21. The predicted molar refractivity (Wildman–Crippen MR) is 94.2 cm³/mol. The highest BCUT2D eigenvalue weighted by Gasteiger charge is 2.24. The smallest absolute Gasteiger partial charge is 0.263 e. The summed E-state index contributed by atoms with van der Waals surface area (Å²) in [5.41, 5.74) is 1.52. The second kappa shape index (κ2) is 6.03. The molecule has 0 spiro atoms. The topological polar surface area (TPSA) is 76.0 Å². The van der Waals surface area contributed by atoms with Crippen LogP contribution in [-0.2, 0) is 11.8 Å². The molecule has 1 aromatic carbocycles. The summed E-state index contributed by atoms with van der Waals surface area (Å²) in [7, 11) is 1.78. The Morgan fingerprint density at radius 3 is 2.92 bits per heavy atom. The van der Waals surface area contributed by atoms with E-state index in [9.17, 15) is 4.79 Å². The maximum atomic E-state index is 12.2. The van der Waals surface area contributed by atoms with Crippen LogP contribution in [0.25, 0.3) is 11.0 Å². The zero-order valence-corrected chi connectivity index (χ0v) is 14.7. The predicted octanol–water partition coefficient (Wildman–Crippen LogP) is 2.00. The van der Waals surface area contributed by atoms with Gasteiger partial charge in [0.25, 0.3) is 5.56 Å². The van der Waals surface area contributed by atoms with Gasteiger partial charge >= 0.3 is 0 Å². The molecule has 24 heavy (non-hydrogen) atoms. The maximum absolute atomic E-state index is 12.2. The molecule has 0 aliphatic carbocycles. The minimum atomic E-state index is -0.171. The number of H-pyrrole nitrogens is 1. The van der Waals surface area contributed by atoms with Crippen molar-refractivity contribution in [3.8, 4) is 0 Å². The Bertz CT molecular complexity index is 934. The lowest BCUT2D eigenvalue weighted by Crippen LogP contribution is -2.40. The summed E-state index contributed by atoms with van der Waals surface area (Å²) in [6, 6.07) is 8.08. The van der Waals surface area contributed by atoms with Crippen LogP contribution in [0.2, 0.25) is 0 Å². The van der Waals surface area contributed by atoms with Gasteiger partial charge in [-0.15, -0.1) is 0 Å². The second-order valence-corrected chi connectivity index (χ2v) is 6.67. The van der Waals surface area contributed by atoms with Gasteiger partial charge in [-0.1, -0.05) is 28.1 Å². The zero-order valence-electron chi connectivity index (χ0n) is 13.1. The van der Waals surface area contributed by atoms with Crippen molar-refractivity contribution in [1.29, 1.82) is 0 Å². The van der Waals surface area contributed by atoms with Gasteiger partial charge in [-0.3, -0.25) is 14.5 Å². The van der Waals surface area contributed by atoms with Gasteiger partial charge in [0, 0.05) is 18.1 Å². The van der Waals surface area contributed by atoms with E-state index in [2.05, 4.69) is 31.0 Å². The molecule has 124 valence electrons. The van der Waals surface area contributed by atoms with E-state index < -0.39 is 0 Å². The van der Waals surface area contributed by atoms with Crippen molar-refractivity contribution in [2.24, 2.45) is 7.05 Å². The molecule has 1 fully saturated rings. The van der Waals surface area contributed by atoms with Crippen molar-refractivity contribution in [2.75, 3.05) is 24.6 Å². The van der Waals surface area contributed by atoms with Gasteiger partial charge in [0.15, 0.2) is 5.65 Å². The second-order valence-electron chi connectivity index (χ2n) is 5.75. The van der Waals surface area contributed by atoms with Gasteiger partial charge in [-0.2, -0.15) is 10.1 Å². The third kappa shape index (κ3) is 2.71. The fraction of sp³-hybridized carbons (Fsp3) is 0.312. The van der Waals surface area contributed by atoms with Crippen molar-refractivity contribution < 1.29 is 4.74 Å². The number of morpholine rings is 1. The first-order chi connectivity index (χ1) is 11.6. The molecule has 0 amide bonds. The highest BCUT2D eigenvalue weighted by atomic mass is 79.9. The zero-order chi connectivity index (χ0) is 16.7. The van der Waals surface area contributed by atoms with Crippen molar-refractivity contribution in [3.05, 3.63) is 50.9 Å². The summed E-state index contributed by atoms with van der Waals surface area (Å²) in [5.74, 6) is 0.557. The summed E-state index contributed by atoms with van der Waals surface area (Å²) >= 11 is 3.44. The molecule has 1 N–H and O–H groups in total. The number of halogens is 1. The molecule has 3 aromatic rings. The molecule has 0 bridgehead atoms. The molecule has 1 unspecified atom stereocenters. The van der Waals surface area contributed by atoms with E-state index in [0.717, 1.165) is 10.0 Å². The largest absolute Gasteiger partial charge is 0.370 e. The Labute approximate surface area is 146 Å². The molecule has 2 aromatic heterocycles. The maximum Gasteiger partial charge on any atom is 0.263 e. The molecule has 4 rings (SSSR count). The van der Waals surface area contributed by atoms with Crippen LogP contribution >= 0.6 is 15.9 Å². The van der Waals surface area contributed by atoms with Gasteiger partial charge in [0.05, 0.1) is 19.3 Å². The average molecular weight is 390 g/mol. The van der Waals surface area contributed by atoms with Gasteiger partial charge in [0.1, 0.15) is 11.5 Å². The molecule has 8 heteroatoms. The lowest BCUT2D eigenvalue weighted by Gasteiger charge is -2.33. The van der Waals surface area contributed by atoms with Crippen molar-refractivity contribution in [3.63, 3.8) is 0 Å². The molecule has 1 atom stereocenters. The third-order valence-electron chi connectivity index (χ3n) is 4.20. The first kappa shape index (κ1) is 15.3. The van der Waals surface area contributed by atoms with Crippen LogP contribution in [0.1, 0.15) is 11.7 Å². The van der Waals surface area contributed by atoms with Gasteiger partial charge in [-0.05, 0) is 17.7 Å². The van der Waals surface area contributed by atoms with Gasteiger partial charge < -0.3 is 9.64 Å². The van der Waals surface area contributed by atoms with E-state index >= 15 is 0 Å². The fourth-order valence-corrected chi connectivity index (χ4v) is 3.16. The van der Waals surface area contributed by atoms with Crippen LogP contribution in [0.15, 0.2) is 39.7 Å². The summed E-state index contributed by atoms with van der Waals surface area (Å²) in [6.07, 6.45) is 1.48. The number of aromatic amines is 1. The summed E-state index contributed by atoms with van der Waals surface area (Å²) in [5, 5.41) is 4.60. The Hall–Kier alpha value is -2.19. The normalized spacial score (nSPS) is 18.2. The van der Waals surface area contributed by atoms with Crippen LogP contribution in [0.4, 0.5) is 5.95 Å². The lowest BCUT2D eigenvalue weighted by atomic mass is 10.1. The Morgan fingerprint density at radius 1 is 1.33 bits per heavy atom. The fourth-order valence-electron chi connectivity index (χ4n) is 2.89. The van der Waals surface area contributed by atoms with E-state index in [1.54, 1.807) is 11.7 Å². The van der Waals surface area contributed by atoms with Crippen LogP contribution in [0, 0.1) is 0 Å². The van der Waals surface area contributed by atoms with Crippen molar-refractivity contribution in [1.82, 2.24) is 19.7 Å². The molecule has 1 aliphatic heterocycles. The third-order valence-corrected chi connectivity index (χ3v) is 4.73. The number of anilines is 1. The number of nitrogens with one attached hydrogen (secondary N) is 1. The highest BCUT2D eigenvalue weighted by Crippen LogP contribution is 2.25. The number of benzene rings is 1. The number of hydrogen-bond acceptors (Lipinski definition) is 5. The Kier molecular flexibility index (Phi) is 3.85. The first-order valence-corrected chi connectivity index (χ1v) is 8.45. The van der Waals surface area contributed by atoms with Gasteiger partial charge in [0.2, 0.25) is 5.95 Å². The van der Waals surface area contributed by atoms with Gasteiger partial charge in [-0.25, -0.2) is 0 Å². The molecule has 3 heterocycles. The first-order valence-electron chi connectivity index (χ1n) is 7.66. The average Bonchev–Trinajstić information content (AvgIpc) is 2.97. The minimum Gasteiger partial charge on any atom is -0.370 e.